The van der Waals surface area contributed by atoms with Crippen LogP contribution in [0.15, 0.2) is 77.6 Å². The van der Waals surface area contributed by atoms with E-state index in [-0.39, 0.29) is 46.7 Å². The number of hydrogen-bond acceptors (Lipinski definition) is 6. The van der Waals surface area contributed by atoms with E-state index in [4.69, 9.17) is 9.47 Å². The molecule has 1 fully saturated rings. The van der Waals surface area contributed by atoms with E-state index < -0.39 is 0 Å². The summed E-state index contributed by atoms with van der Waals surface area (Å²) in [7, 11) is 3.00. The first-order valence-corrected chi connectivity index (χ1v) is 14.7. The predicted octanol–water partition coefficient (Wildman–Crippen LogP) is 8.13. The number of allylic oxidation sites excluding steroid dienone is 6. The van der Waals surface area contributed by atoms with E-state index in [0.717, 1.165) is 24.8 Å². The molecule has 2 aromatic rings. The summed E-state index contributed by atoms with van der Waals surface area (Å²) in [5, 5.41) is 30.9. The summed E-state index contributed by atoms with van der Waals surface area (Å²) in [4.78, 5) is 14.0. The number of fused-ring (bicyclic) bond motifs is 2. The summed E-state index contributed by atoms with van der Waals surface area (Å²) in [6.07, 6.45) is 12.2. The zero-order chi connectivity index (χ0) is 30.6. The second-order valence-electron chi connectivity index (χ2n) is 12.0. The van der Waals surface area contributed by atoms with Gasteiger partial charge in [0.15, 0.2) is 28.8 Å². The van der Waals surface area contributed by atoms with Gasteiger partial charge in [-0.2, -0.15) is 0 Å². The van der Waals surface area contributed by atoms with Gasteiger partial charge in [0, 0.05) is 17.9 Å². The zero-order valence-electron chi connectivity index (χ0n) is 25.5. The van der Waals surface area contributed by atoms with Crippen molar-refractivity contribution in [1.82, 2.24) is 0 Å². The quantitative estimate of drug-likeness (QED) is 0.109. The Morgan fingerprint density at radius 2 is 1.71 bits per heavy atom. The first-order valence-electron chi connectivity index (χ1n) is 14.7. The Hall–Kier alpha value is -3.93. The van der Waals surface area contributed by atoms with Crippen molar-refractivity contribution < 1.29 is 29.6 Å². The molecular formula is C36H44O6. The van der Waals surface area contributed by atoms with Gasteiger partial charge in [-0.05, 0) is 105 Å². The monoisotopic (exact) mass is 572 g/mol. The van der Waals surface area contributed by atoms with Gasteiger partial charge >= 0.3 is 0 Å². The molecule has 0 amide bonds. The minimum atomic E-state index is -0.347. The number of ether oxygens (including phenoxy) is 2. The molecule has 2 bridgehead atoms. The molecule has 1 saturated carbocycles. The third kappa shape index (κ3) is 6.75. The van der Waals surface area contributed by atoms with Crippen LogP contribution in [0.5, 0.6) is 23.0 Å². The highest BCUT2D eigenvalue weighted by Gasteiger charge is 2.51. The van der Waals surface area contributed by atoms with Crippen molar-refractivity contribution in [1.29, 1.82) is 0 Å². The number of hydrogen-bond donors (Lipinski definition) is 3. The van der Waals surface area contributed by atoms with Crippen LogP contribution in [0.4, 0.5) is 0 Å². The summed E-state index contributed by atoms with van der Waals surface area (Å²) in [5.74, 6) is 1.20. The van der Waals surface area contributed by atoms with Gasteiger partial charge in [-0.15, -0.1) is 0 Å². The zero-order valence-corrected chi connectivity index (χ0v) is 25.5. The molecule has 6 atom stereocenters. The Morgan fingerprint density at radius 3 is 2.38 bits per heavy atom. The highest BCUT2D eigenvalue weighted by molar-refractivity contribution is 5.94. The summed E-state index contributed by atoms with van der Waals surface area (Å²) in [6.45, 7) is 8.71. The molecule has 0 aliphatic heterocycles. The lowest BCUT2D eigenvalue weighted by Gasteiger charge is -2.52. The van der Waals surface area contributed by atoms with Crippen LogP contribution in [0.3, 0.4) is 0 Å². The molecule has 224 valence electrons. The van der Waals surface area contributed by atoms with Gasteiger partial charge in [-0.3, -0.25) is 4.79 Å². The highest BCUT2D eigenvalue weighted by Crippen LogP contribution is 2.58. The Bertz CT molecular complexity index is 1410. The lowest BCUT2D eigenvalue weighted by molar-refractivity contribution is -0.123. The Morgan fingerprint density at radius 1 is 1.05 bits per heavy atom. The summed E-state index contributed by atoms with van der Waals surface area (Å²) < 4.78 is 10.6. The first kappa shape index (κ1) is 31.0. The van der Waals surface area contributed by atoms with Gasteiger partial charge < -0.3 is 24.8 Å². The van der Waals surface area contributed by atoms with Crippen LogP contribution in [0.25, 0.3) is 6.08 Å². The van der Waals surface area contributed by atoms with Crippen LogP contribution in [-0.2, 0) is 4.79 Å². The van der Waals surface area contributed by atoms with Crippen LogP contribution in [-0.4, -0.2) is 35.3 Å². The molecule has 3 N–H and O–H groups in total. The third-order valence-electron chi connectivity index (χ3n) is 9.06. The minimum Gasteiger partial charge on any atom is -0.508 e. The largest absolute Gasteiger partial charge is 0.508 e. The second-order valence-corrected chi connectivity index (χ2v) is 12.0. The van der Waals surface area contributed by atoms with Crippen LogP contribution >= 0.6 is 0 Å². The standard InChI is InChI=1S/C36H44O6/c1-21(2)8-7-9-22(3)27-20-28-23(4)16-29(27)35(25-12-15-31(39)34(18-25)42-6)36(28)32(40)19-26(37)13-10-24-11-14-30(38)33(17-24)41-5/h8,10-19,22,27-29,35-39H,7,9,20H2,1-6H3/b13-10+,26-19-/t22-,27+,28?,29?,35+,36-/m0/s1. The number of rotatable bonds is 11. The van der Waals surface area contributed by atoms with Gasteiger partial charge in [-0.1, -0.05) is 48.4 Å². The average molecular weight is 573 g/mol. The SMILES string of the molecule is COc1cc(/C=C/C(O)=C/C(=O)[C@@H]2C3C[C@H]([C@@H](C)CCC=C(C)C)C(C=C3C)[C@H]2c2ccc(O)c(OC)c2)ccc1O. The van der Waals surface area contributed by atoms with Crippen molar-refractivity contribution >= 4 is 11.9 Å². The van der Waals surface area contributed by atoms with Crippen molar-refractivity contribution in [3.8, 4) is 23.0 Å². The Kier molecular flexibility index (Phi) is 9.87. The van der Waals surface area contributed by atoms with Crippen molar-refractivity contribution in [2.75, 3.05) is 14.2 Å². The van der Waals surface area contributed by atoms with Gasteiger partial charge in [0.25, 0.3) is 0 Å². The average Bonchev–Trinajstić information content (AvgIpc) is 2.96. The summed E-state index contributed by atoms with van der Waals surface area (Å²) in [6, 6.07) is 10.3. The fourth-order valence-corrected chi connectivity index (χ4v) is 6.91. The van der Waals surface area contributed by atoms with E-state index in [9.17, 15) is 20.1 Å². The van der Waals surface area contributed by atoms with Crippen LogP contribution in [0.1, 0.15) is 64.0 Å². The molecule has 5 rings (SSSR count). The number of aliphatic hydroxyl groups excluding tert-OH is 1. The van der Waals surface area contributed by atoms with Crippen molar-refractivity contribution in [2.45, 2.75) is 52.9 Å². The highest BCUT2D eigenvalue weighted by atomic mass is 16.5. The normalized spacial score (nSPS) is 24.3. The van der Waals surface area contributed by atoms with E-state index in [0.29, 0.717) is 28.9 Å². The van der Waals surface area contributed by atoms with E-state index in [2.05, 4.69) is 39.8 Å². The predicted molar refractivity (Wildman–Crippen MR) is 167 cm³/mol. The van der Waals surface area contributed by atoms with Crippen molar-refractivity contribution in [3.63, 3.8) is 0 Å². The molecule has 3 aliphatic carbocycles. The topological polar surface area (TPSA) is 96.2 Å². The van der Waals surface area contributed by atoms with Gasteiger partial charge in [0.05, 0.1) is 14.2 Å². The summed E-state index contributed by atoms with van der Waals surface area (Å²) in [5.41, 5.74) is 4.23. The number of carbonyl (C=O) groups excluding carboxylic acids is 1. The second kappa shape index (κ2) is 13.4. The molecule has 0 aromatic heterocycles. The number of phenols is 2. The smallest absolute Gasteiger partial charge is 0.163 e. The maximum Gasteiger partial charge on any atom is 0.163 e. The van der Waals surface area contributed by atoms with Crippen molar-refractivity contribution in [2.24, 2.45) is 29.6 Å². The Labute approximate surface area is 249 Å². The van der Waals surface area contributed by atoms with Crippen LogP contribution in [0, 0.1) is 29.6 Å². The van der Waals surface area contributed by atoms with Crippen LogP contribution < -0.4 is 9.47 Å². The van der Waals surface area contributed by atoms with E-state index in [1.54, 1.807) is 24.3 Å². The molecule has 2 aromatic carbocycles. The number of aromatic hydroxyl groups is 2. The molecule has 6 nitrogen and oxygen atoms in total. The lowest BCUT2D eigenvalue weighted by atomic mass is 9.51. The molecule has 0 heterocycles. The first-order chi connectivity index (χ1) is 20.0. The number of phenolic OH excluding ortho intramolecular Hbond substituents is 2. The Balaban J connectivity index is 1.67. The van der Waals surface area contributed by atoms with E-state index >= 15 is 0 Å². The van der Waals surface area contributed by atoms with E-state index in [1.165, 1.54) is 43.6 Å². The van der Waals surface area contributed by atoms with Crippen LogP contribution in [0.2, 0.25) is 0 Å². The molecule has 42 heavy (non-hydrogen) atoms. The fourth-order valence-electron chi connectivity index (χ4n) is 6.91. The number of benzene rings is 2. The van der Waals surface area contributed by atoms with Gasteiger partial charge in [-0.25, -0.2) is 0 Å². The molecule has 0 spiro atoms. The van der Waals surface area contributed by atoms with Crippen molar-refractivity contribution in [3.05, 3.63) is 88.7 Å². The maximum absolute atomic E-state index is 14.0. The number of carbonyl (C=O) groups is 1. The number of methoxy groups -OCH3 is 2. The van der Waals surface area contributed by atoms with Gasteiger partial charge in [0.2, 0.25) is 0 Å². The third-order valence-corrected chi connectivity index (χ3v) is 9.06. The van der Waals surface area contributed by atoms with Gasteiger partial charge in [0.1, 0.15) is 5.76 Å². The maximum atomic E-state index is 14.0. The summed E-state index contributed by atoms with van der Waals surface area (Å²) >= 11 is 0. The lowest BCUT2D eigenvalue weighted by Crippen LogP contribution is -2.47. The minimum absolute atomic E-state index is 0.0295. The molecular weight excluding hydrogens is 528 g/mol. The number of ketones is 1. The number of aliphatic hydroxyl groups is 1. The van der Waals surface area contributed by atoms with E-state index in [1.807, 2.05) is 12.1 Å². The fraction of sp³-hybridized carbons (Fsp3) is 0.417. The molecule has 0 radical (unpaired) electrons. The molecule has 3 aliphatic rings. The molecule has 2 unspecified atom stereocenters. The molecule has 0 saturated heterocycles. The molecule has 6 heteroatoms.